The quantitative estimate of drug-likeness (QED) is 0.254. The predicted octanol–water partition coefficient (Wildman–Crippen LogP) is 3.04. The number of aliphatic hydroxyl groups is 2. The molecule has 0 radical (unpaired) electrons. The molecule has 0 bridgehead atoms. The molecule has 1 aliphatic rings. The number of benzene rings is 2. The van der Waals surface area contributed by atoms with Gasteiger partial charge in [0.1, 0.15) is 24.6 Å². The number of ether oxygens (including phenoxy) is 2. The molecule has 3 heterocycles. The van der Waals surface area contributed by atoms with Crippen LogP contribution in [0.25, 0.3) is 11.2 Å². The minimum atomic E-state index is -1.31. The topological polar surface area (TPSA) is 164 Å². The number of aromatic nitrogens is 4. The van der Waals surface area contributed by atoms with Crippen LogP contribution in [0.3, 0.4) is 0 Å². The van der Waals surface area contributed by atoms with Gasteiger partial charge in [-0.1, -0.05) is 41.4 Å². The summed E-state index contributed by atoms with van der Waals surface area (Å²) < 4.78 is 13.3. The van der Waals surface area contributed by atoms with Crippen LogP contribution in [0, 0.1) is 11.3 Å². The van der Waals surface area contributed by atoms with Crippen LogP contribution in [-0.2, 0) is 22.6 Å². The molecule has 2 aromatic carbocycles. The van der Waals surface area contributed by atoms with Crippen molar-refractivity contribution in [1.29, 1.82) is 5.26 Å². The minimum absolute atomic E-state index is 0.0184. The molecule has 0 saturated carbocycles. The van der Waals surface area contributed by atoms with Gasteiger partial charge >= 0.3 is 0 Å². The van der Waals surface area contributed by atoms with E-state index in [-0.39, 0.29) is 19.0 Å². The zero-order chi connectivity index (χ0) is 26.8. The predicted molar refractivity (Wildman–Crippen MR) is 140 cm³/mol. The van der Waals surface area contributed by atoms with E-state index in [1.54, 1.807) is 41.0 Å². The zero-order valence-corrected chi connectivity index (χ0v) is 21.3. The van der Waals surface area contributed by atoms with Gasteiger partial charge in [0.25, 0.3) is 0 Å². The molecule has 0 spiro atoms. The van der Waals surface area contributed by atoms with Crippen LogP contribution < -0.4 is 11.1 Å². The number of halogens is 2. The average molecular weight is 556 g/mol. The maximum Gasteiger partial charge on any atom is 0.207 e. The summed E-state index contributed by atoms with van der Waals surface area (Å²) in [5.74, 6) is 0.454. The Hall–Kier alpha value is -3.50. The van der Waals surface area contributed by atoms with Gasteiger partial charge in [-0.15, -0.1) is 0 Å². The minimum Gasteiger partial charge on any atom is -0.387 e. The molecule has 196 valence electrons. The van der Waals surface area contributed by atoms with Gasteiger partial charge in [0.15, 0.2) is 23.2 Å². The molecule has 1 saturated heterocycles. The highest BCUT2D eigenvalue weighted by Gasteiger charge is 2.45. The number of aliphatic hydroxyl groups excluding tert-OH is 2. The molecule has 4 aromatic rings. The van der Waals surface area contributed by atoms with E-state index in [2.05, 4.69) is 26.3 Å². The molecule has 0 amide bonds. The van der Waals surface area contributed by atoms with Crippen LogP contribution in [0.1, 0.15) is 22.9 Å². The fourth-order valence-electron chi connectivity index (χ4n) is 4.17. The van der Waals surface area contributed by atoms with Gasteiger partial charge in [-0.05, 0) is 35.4 Å². The van der Waals surface area contributed by atoms with E-state index < -0.39 is 24.5 Å². The van der Waals surface area contributed by atoms with E-state index in [0.29, 0.717) is 39.3 Å². The summed E-state index contributed by atoms with van der Waals surface area (Å²) in [5, 5.41) is 34.7. The van der Waals surface area contributed by atoms with Crippen molar-refractivity contribution in [3.63, 3.8) is 0 Å². The number of nitrogens with two attached hydrogens (primary N) is 1. The molecule has 4 atom stereocenters. The normalized spacial score (nSPS) is 21.0. The number of anilines is 2. The van der Waals surface area contributed by atoms with Gasteiger partial charge in [-0.25, -0.2) is 15.0 Å². The number of nitrogen functional groups attached to an aromatic ring is 1. The van der Waals surface area contributed by atoms with Crippen LogP contribution >= 0.6 is 23.2 Å². The number of hydrogen-bond acceptors (Lipinski definition) is 10. The van der Waals surface area contributed by atoms with Gasteiger partial charge in [0.05, 0.1) is 34.9 Å². The second-order valence-electron chi connectivity index (χ2n) is 8.71. The first-order valence-electron chi connectivity index (χ1n) is 11.6. The molecule has 13 heteroatoms. The van der Waals surface area contributed by atoms with Crippen molar-refractivity contribution in [1.82, 2.24) is 19.5 Å². The lowest BCUT2D eigenvalue weighted by atomic mass is 10.1. The summed E-state index contributed by atoms with van der Waals surface area (Å²) in [6.07, 6.45) is -3.12. The Labute approximate surface area is 227 Å². The van der Waals surface area contributed by atoms with E-state index >= 15 is 0 Å². The highest BCUT2D eigenvalue weighted by molar-refractivity contribution is 6.42. The summed E-state index contributed by atoms with van der Waals surface area (Å²) in [7, 11) is 0. The number of rotatable bonds is 8. The molecule has 1 aliphatic heterocycles. The van der Waals surface area contributed by atoms with E-state index in [1.165, 1.54) is 6.33 Å². The van der Waals surface area contributed by atoms with Crippen molar-refractivity contribution in [2.24, 2.45) is 0 Å². The Balaban J connectivity index is 1.35. The van der Waals surface area contributed by atoms with Crippen LogP contribution in [0.4, 0.5) is 11.8 Å². The van der Waals surface area contributed by atoms with E-state index in [1.807, 2.05) is 6.07 Å². The molecule has 1 fully saturated rings. The molecular weight excluding hydrogens is 533 g/mol. The Bertz CT molecular complexity index is 1490. The van der Waals surface area contributed by atoms with E-state index in [4.69, 9.17) is 43.7 Å². The molecule has 4 unspecified atom stereocenters. The molecule has 38 heavy (non-hydrogen) atoms. The third-order valence-electron chi connectivity index (χ3n) is 6.17. The summed E-state index contributed by atoms with van der Waals surface area (Å²) in [6.45, 7) is 0.577. The zero-order valence-electron chi connectivity index (χ0n) is 19.8. The van der Waals surface area contributed by atoms with Gasteiger partial charge in [0, 0.05) is 6.54 Å². The first kappa shape index (κ1) is 26.1. The number of imidazole rings is 1. The lowest BCUT2D eigenvalue weighted by molar-refractivity contribution is -0.0675. The molecule has 5 N–H and O–H groups in total. The Morgan fingerprint density at radius 1 is 1.08 bits per heavy atom. The van der Waals surface area contributed by atoms with E-state index in [0.717, 1.165) is 11.1 Å². The first-order chi connectivity index (χ1) is 18.4. The Morgan fingerprint density at radius 3 is 2.58 bits per heavy atom. The number of fused-ring (bicyclic) bond motifs is 1. The number of nitrogens with one attached hydrogen (secondary N) is 1. The van der Waals surface area contributed by atoms with Crippen molar-refractivity contribution >= 4 is 46.1 Å². The maximum absolute atomic E-state index is 10.9. The lowest BCUT2D eigenvalue weighted by Crippen LogP contribution is -2.34. The first-order valence-corrected chi connectivity index (χ1v) is 12.4. The number of nitriles is 1. The van der Waals surface area contributed by atoms with Crippen molar-refractivity contribution < 1.29 is 19.7 Å². The second kappa shape index (κ2) is 11.1. The smallest absolute Gasteiger partial charge is 0.207 e. The fraction of sp³-hybridized carbons (Fsp3) is 0.280. The molecule has 5 rings (SSSR count). The van der Waals surface area contributed by atoms with Crippen LogP contribution in [0.2, 0.25) is 10.0 Å². The summed E-state index contributed by atoms with van der Waals surface area (Å²) >= 11 is 12.2. The third-order valence-corrected chi connectivity index (χ3v) is 6.90. The van der Waals surface area contributed by atoms with Crippen molar-refractivity contribution in [3.8, 4) is 6.07 Å². The van der Waals surface area contributed by atoms with Crippen LogP contribution in [-0.4, -0.2) is 54.7 Å². The van der Waals surface area contributed by atoms with Gasteiger partial charge < -0.3 is 30.7 Å². The monoisotopic (exact) mass is 555 g/mol. The molecular formula is C25H23Cl2N7O4. The Kier molecular flexibility index (Phi) is 7.62. The highest BCUT2D eigenvalue weighted by Crippen LogP contribution is 2.35. The standard InChI is InChI=1S/C25H23Cl2N7O4/c26-16-6-5-15(7-17(16)27)9-30-25-33-19-22(29)31-12-32-23(19)34(25)24-21(36)20(35)18(38-24)11-37-10-14-3-1-13(8-28)2-4-14/h1-7,12,18,20-21,24,35-36H,9-11H2,(H,30,33)(H2,29,31,32). The van der Waals surface area contributed by atoms with Crippen molar-refractivity contribution in [2.75, 3.05) is 17.7 Å². The van der Waals surface area contributed by atoms with E-state index in [9.17, 15) is 10.2 Å². The Morgan fingerprint density at radius 2 is 1.84 bits per heavy atom. The third kappa shape index (κ3) is 5.23. The van der Waals surface area contributed by atoms with Gasteiger partial charge in [-0.3, -0.25) is 4.57 Å². The fourth-order valence-corrected chi connectivity index (χ4v) is 4.49. The lowest BCUT2D eigenvalue weighted by Gasteiger charge is -2.20. The van der Waals surface area contributed by atoms with Crippen LogP contribution in [0.5, 0.6) is 0 Å². The highest BCUT2D eigenvalue weighted by atomic mass is 35.5. The van der Waals surface area contributed by atoms with Crippen molar-refractivity contribution in [2.45, 2.75) is 37.7 Å². The maximum atomic E-state index is 10.9. The average Bonchev–Trinajstić information content (AvgIpc) is 3.42. The van der Waals surface area contributed by atoms with Gasteiger partial charge in [0.2, 0.25) is 5.95 Å². The number of nitrogens with zero attached hydrogens (tertiary/aromatic N) is 5. The summed E-state index contributed by atoms with van der Waals surface area (Å²) in [6, 6.07) is 14.3. The number of hydrogen-bond donors (Lipinski definition) is 4. The summed E-state index contributed by atoms with van der Waals surface area (Å²) in [5.41, 5.74) is 8.91. The second-order valence-corrected chi connectivity index (χ2v) is 9.52. The van der Waals surface area contributed by atoms with Gasteiger partial charge in [-0.2, -0.15) is 5.26 Å². The largest absolute Gasteiger partial charge is 0.387 e. The molecule has 0 aliphatic carbocycles. The van der Waals surface area contributed by atoms with Crippen molar-refractivity contribution in [3.05, 3.63) is 75.5 Å². The van der Waals surface area contributed by atoms with Crippen LogP contribution in [0.15, 0.2) is 48.8 Å². The SMILES string of the molecule is N#Cc1ccc(COCC2OC(n3c(NCc4ccc(Cl)c(Cl)c4)nc4c(N)ncnc43)C(O)C2O)cc1. The molecule has 11 nitrogen and oxygen atoms in total. The molecule has 2 aromatic heterocycles. The summed E-state index contributed by atoms with van der Waals surface area (Å²) in [4.78, 5) is 12.8.